The maximum Gasteiger partial charge on any atom is 0.244 e. The zero-order valence-corrected chi connectivity index (χ0v) is 15.0. The molecule has 23 heavy (non-hydrogen) atoms. The number of nitrogens with one attached hydrogen (secondary N) is 2. The fourth-order valence-corrected chi connectivity index (χ4v) is 3.56. The maximum atomic E-state index is 12.5. The maximum absolute atomic E-state index is 12.5. The molecular weight excluding hydrogens is 330 g/mol. The Morgan fingerprint density at radius 3 is 2.65 bits per heavy atom. The molecule has 4 nitrogen and oxygen atoms in total. The standard InChI is InChI=1S/C17H21N3OS.ClH/c1-3-17(9-4-10-18-17)16(21)20-14-7-5-13(6-8-14)15-11-22-12(2)19-15;/h5-8,11,18H,3-4,9-10H2,1-2H3,(H,20,21);1H. The number of carbonyl (C=O) groups excluding carboxylic acids is 1. The number of rotatable bonds is 4. The van der Waals surface area contributed by atoms with Crippen LogP contribution in [-0.4, -0.2) is 23.0 Å². The van der Waals surface area contributed by atoms with Crippen LogP contribution in [0.15, 0.2) is 29.6 Å². The molecule has 2 heterocycles. The van der Waals surface area contributed by atoms with Gasteiger partial charge in [-0.1, -0.05) is 19.1 Å². The van der Waals surface area contributed by atoms with E-state index in [2.05, 4.69) is 27.9 Å². The van der Waals surface area contributed by atoms with Crippen molar-refractivity contribution in [2.24, 2.45) is 0 Å². The molecule has 1 aromatic heterocycles. The van der Waals surface area contributed by atoms with Crippen molar-refractivity contribution in [2.45, 2.75) is 38.6 Å². The van der Waals surface area contributed by atoms with E-state index in [1.54, 1.807) is 11.3 Å². The molecule has 0 aliphatic carbocycles. The average molecular weight is 352 g/mol. The lowest BCUT2D eigenvalue weighted by molar-refractivity contribution is -0.122. The van der Waals surface area contributed by atoms with E-state index in [0.717, 1.165) is 47.8 Å². The first-order valence-electron chi connectivity index (χ1n) is 7.72. The number of thiazole rings is 1. The Kier molecular flexibility index (Phi) is 5.79. The van der Waals surface area contributed by atoms with Crippen LogP contribution in [0.5, 0.6) is 0 Å². The van der Waals surface area contributed by atoms with E-state index in [0.29, 0.717) is 0 Å². The summed E-state index contributed by atoms with van der Waals surface area (Å²) in [5.74, 6) is 0.0738. The van der Waals surface area contributed by atoms with Gasteiger partial charge in [-0.25, -0.2) is 4.98 Å². The molecule has 124 valence electrons. The van der Waals surface area contributed by atoms with E-state index in [1.807, 2.05) is 31.2 Å². The van der Waals surface area contributed by atoms with Gasteiger partial charge in [0.25, 0.3) is 0 Å². The van der Waals surface area contributed by atoms with Gasteiger partial charge in [0, 0.05) is 16.6 Å². The van der Waals surface area contributed by atoms with Crippen molar-refractivity contribution in [1.82, 2.24) is 10.3 Å². The molecule has 2 aromatic rings. The fourth-order valence-electron chi connectivity index (χ4n) is 2.93. The van der Waals surface area contributed by atoms with Crippen molar-refractivity contribution in [2.75, 3.05) is 11.9 Å². The highest BCUT2D eigenvalue weighted by Gasteiger charge is 2.38. The van der Waals surface area contributed by atoms with Crippen LogP contribution < -0.4 is 10.6 Å². The second-order valence-electron chi connectivity index (χ2n) is 5.75. The van der Waals surface area contributed by atoms with Crippen LogP contribution in [0, 0.1) is 6.92 Å². The molecule has 2 N–H and O–H groups in total. The smallest absolute Gasteiger partial charge is 0.244 e. The van der Waals surface area contributed by atoms with Crippen molar-refractivity contribution in [1.29, 1.82) is 0 Å². The second kappa shape index (κ2) is 7.43. The highest BCUT2D eigenvalue weighted by molar-refractivity contribution is 7.09. The summed E-state index contributed by atoms with van der Waals surface area (Å²) in [4.78, 5) is 17.0. The van der Waals surface area contributed by atoms with Crippen LogP contribution in [0.3, 0.4) is 0 Å². The van der Waals surface area contributed by atoms with Crippen LogP contribution in [0.4, 0.5) is 5.69 Å². The van der Waals surface area contributed by atoms with Gasteiger partial charge in [0.15, 0.2) is 0 Å². The number of hydrogen-bond donors (Lipinski definition) is 2. The van der Waals surface area contributed by atoms with E-state index in [4.69, 9.17) is 0 Å². The van der Waals surface area contributed by atoms with E-state index in [9.17, 15) is 4.79 Å². The number of anilines is 1. The van der Waals surface area contributed by atoms with Gasteiger partial charge in [0.2, 0.25) is 5.91 Å². The van der Waals surface area contributed by atoms with Crippen LogP contribution >= 0.6 is 23.7 Å². The third kappa shape index (κ3) is 3.74. The summed E-state index contributed by atoms with van der Waals surface area (Å²) in [5.41, 5.74) is 2.50. The number of aryl methyl sites for hydroxylation is 1. The molecule has 1 aliphatic heterocycles. The summed E-state index contributed by atoms with van der Waals surface area (Å²) >= 11 is 1.64. The number of carbonyl (C=O) groups is 1. The molecule has 1 amide bonds. The van der Waals surface area contributed by atoms with E-state index in [-0.39, 0.29) is 18.3 Å². The molecule has 1 unspecified atom stereocenters. The molecule has 1 aromatic carbocycles. The summed E-state index contributed by atoms with van der Waals surface area (Å²) in [7, 11) is 0. The second-order valence-corrected chi connectivity index (χ2v) is 6.81. The number of halogens is 1. The summed E-state index contributed by atoms with van der Waals surface area (Å²) in [6.07, 6.45) is 2.78. The van der Waals surface area contributed by atoms with Crippen molar-refractivity contribution >= 4 is 35.3 Å². The van der Waals surface area contributed by atoms with Crippen LogP contribution in [0.25, 0.3) is 11.3 Å². The first kappa shape index (κ1) is 17.9. The first-order chi connectivity index (χ1) is 10.6. The summed E-state index contributed by atoms with van der Waals surface area (Å²) in [5, 5.41) is 9.51. The molecule has 0 radical (unpaired) electrons. The Bertz CT molecular complexity index is 663. The lowest BCUT2D eigenvalue weighted by Crippen LogP contribution is -2.50. The SMILES string of the molecule is CCC1(C(=O)Nc2ccc(-c3csc(C)n3)cc2)CCCN1.Cl. The third-order valence-corrected chi connectivity index (χ3v) is 5.11. The Morgan fingerprint density at radius 1 is 1.39 bits per heavy atom. The molecule has 0 bridgehead atoms. The Balaban J connectivity index is 0.00000192. The van der Waals surface area contributed by atoms with Crippen molar-refractivity contribution < 1.29 is 4.79 Å². The molecule has 1 aliphatic rings. The number of hydrogen-bond acceptors (Lipinski definition) is 4. The molecule has 6 heteroatoms. The van der Waals surface area contributed by atoms with Gasteiger partial charge < -0.3 is 10.6 Å². The minimum absolute atomic E-state index is 0. The lowest BCUT2D eigenvalue weighted by Gasteiger charge is -2.26. The summed E-state index contributed by atoms with van der Waals surface area (Å²) in [6.45, 7) is 4.98. The monoisotopic (exact) mass is 351 g/mol. The first-order valence-corrected chi connectivity index (χ1v) is 8.60. The molecule has 1 fully saturated rings. The highest BCUT2D eigenvalue weighted by atomic mass is 35.5. The van der Waals surface area contributed by atoms with Gasteiger partial charge in [-0.2, -0.15) is 0 Å². The molecule has 3 rings (SSSR count). The third-order valence-electron chi connectivity index (χ3n) is 4.34. The molecule has 0 saturated carbocycles. The average Bonchev–Trinajstić information content (AvgIpc) is 3.17. The minimum atomic E-state index is -0.398. The van der Waals surface area contributed by atoms with Crippen LogP contribution in [-0.2, 0) is 4.79 Å². The van der Waals surface area contributed by atoms with Crippen molar-refractivity contribution in [3.05, 3.63) is 34.7 Å². The van der Waals surface area contributed by atoms with Gasteiger partial charge in [-0.05, 0) is 44.9 Å². The normalized spacial score (nSPS) is 20.1. The zero-order chi connectivity index (χ0) is 15.6. The summed E-state index contributed by atoms with van der Waals surface area (Å²) < 4.78 is 0. The molecular formula is C17H22ClN3OS. The predicted octanol–water partition coefficient (Wildman–Crippen LogP) is 4.01. The zero-order valence-electron chi connectivity index (χ0n) is 13.4. The van der Waals surface area contributed by atoms with E-state index in [1.165, 1.54) is 0 Å². The van der Waals surface area contributed by atoms with Gasteiger partial charge in [0.05, 0.1) is 16.2 Å². The predicted molar refractivity (Wildman–Crippen MR) is 98.4 cm³/mol. The molecule has 1 atom stereocenters. The lowest BCUT2D eigenvalue weighted by atomic mass is 9.93. The Morgan fingerprint density at radius 2 is 2.13 bits per heavy atom. The number of amides is 1. The van der Waals surface area contributed by atoms with Gasteiger partial charge in [0.1, 0.15) is 0 Å². The topological polar surface area (TPSA) is 54.0 Å². The van der Waals surface area contributed by atoms with Crippen molar-refractivity contribution in [3.63, 3.8) is 0 Å². The number of aromatic nitrogens is 1. The van der Waals surface area contributed by atoms with Crippen LogP contribution in [0.2, 0.25) is 0 Å². The van der Waals surface area contributed by atoms with E-state index < -0.39 is 5.54 Å². The van der Waals surface area contributed by atoms with Gasteiger partial charge in [-0.15, -0.1) is 23.7 Å². The summed E-state index contributed by atoms with van der Waals surface area (Å²) in [6, 6.07) is 7.90. The molecule has 1 saturated heterocycles. The van der Waals surface area contributed by atoms with E-state index >= 15 is 0 Å². The quantitative estimate of drug-likeness (QED) is 0.875. The largest absolute Gasteiger partial charge is 0.324 e. The van der Waals surface area contributed by atoms with Crippen molar-refractivity contribution in [3.8, 4) is 11.3 Å². The van der Waals surface area contributed by atoms with Gasteiger partial charge >= 0.3 is 0 Å². The fraction of sp³-hybridized carbons (Fsp3) is 0.412. The van der Waals surface area contributed by atoms with Gasteiger partial charge in [-0.3, -0.25) is 4.79 Å². The minimum Gasteiger partial charge on any atom is -0.324 e. The number of benzene rings is 1. The molecule has 0 spiro atoms. The number of nitrogens with zero attached hydrogens (tertiary/aromatic N) is 1. The Labute approximate surface area is 147 Å². The highest BCUT2D eigenvalue weighted by Crippen LogP contribution is 2.26. The Hall–Kier alpha value is -1.43. The van der Waals surface area contributed by atoms with Crippen LogP contribution in [0.1, 0.15) is 31.2 Å².